The summed E-state index contributed by atoms with van der Waals surface area (Å²) in [5.41, 5.74) is 7.23. The van der Waals surface area contributed by atoms with E-state index in [9.17, 15) is 19.2 Å². The Labute approximate surface area is 234 Å². The van der Waals surface area contributed by atoms with E-state index in [1.54, 1.807) is 17.5 Å². The van der Waals surface area contributed by atoms with Crippen LogP contribution in [0.15, 0.2) is 27.9 Å². The van der Waals surface area contributed by atoms with Gasteiger partial charge in [0, 0.05) is 29.9 Å². The first kappa shape index (κ1) is 28.2. The van der Waals surface area contributed by atoms with Crippen LogP contribution in [0.2, 0.25) is 0 Å². The molecule has 2 aromatic heterocycles. The Hall–Kier alpha value is -3.83. The number of amides is 2. The lowest BCUT2D eigenvalue weighted by Crippen LogP contribution is -2.70. The summed E-state index contributed by atoms with van der Waals surface area (Å²) in [5, 5.41) is 11.7. The SMILES string of the molecule is CC(=O)OC(C)OC(=O)C1=C(/C=C\c2nnsc2C)CSC2C(NC(=O)/C=N\OCc3csc(N)n3)C(=O)N12. The highest BCUT2D eigenvalue weighted by Crippen LogP contribution is 2.41. The number of thiazole rings is 1. The number of ether oxygens (including phenoxy) is 2. The van der Waals surface area contributed by atoms with E-state index in [4.69, 9.17) is 20.0 Å². The molecule has 4 heterocycles. The van der Waals surface area contributed by atoms with Crippen molar-refractivity contribution in [2.24, 2.45) is 5.16 Å². The number of esters is 2. The number of carbonyl (C=O) groups excluding carboxylic acids is 4. The Morgan fingerprint density at radius 1 is 1.33 bits per heavy atom. The van der Waals surface area contributed by atoms with E-state index in [-0.39, 0.29) is 12.3 Å². The van der Waals surface area contributed by atoms with Gasteiger partial charge in [0.25, 0.3) is 11.8 Å². The lowest BCUT2D eigenvalue weighted by molar-refractivity contribution is -0.182. The van der Waals surface area contributed by atoms with E-state index < -0.39 is 41.5 Å². The van der Waals surface area contributed by atoms with Crippen LogP contribution in [-0.2, 0) is 40.1 Å². The fourth-order valence-electron chi connectivity index (χ4n) is 3.57. The second kappa shape index (κ2) is 12.4. The molecule has 1 saturated heterocycles. The van der Waals surface area contributed by atoms with Gasteiger partial charge in [0.05, 0.1) is 5.69 Å². The highest BCUT2D eigenvalue weighted by Gasteiger charge is 2.54. The van der Waals surface area contributed by atoms with Gasteiger partial charge in [-0.2, -0.15) is 0 Å². The van der Waals surface area contributed by atoms with Gasteiger partial charge >= 0.3 is 11.9 Å². The van der Waals surface area contributed by atoms with Crippen molar-refractivity contribution in [2.45, 2.75) is 45.1 Å². The summed E-state index contributed by atoms with van der Waals surface area (Å²) < 4.78 is 14.1. The maximum Gasteiger partial charge on any atom is 0.358 e. The average Bonchev–Trinajstić information content (AvgIpc) is 3.49. The molecule has 3 atom stereocenters. The van der Waals surface area contributed by atoms with Gasteiger partial charge in [0.15, 0.2) is 11.7 Å². The number of aryl methyl sites for hydroxylation is 1. The molecular weight excluding hydrogens is 570 g/mol. The maximum absolute atomic E-state index is 13.1. The van der Waals surface area contributed by atoms with Gasteiger partial charge in [-0.05, 0) is 30.1 Å². The van der Waals surface area contributed by atoms with Crippen molar-refractivity contribution in [1.82, 2.24) is 24.8 Å². The van der Waals surface area contributed by atoms with Crippen LogP contribution >= 0.6 is 34.6 Å². The third kappa shape index (κ3) is 6.79. The number of nitrogens with one attached hydrogen (secondary N) is 1. The zero-order valence-corrected chi connectivity index (χ0v) is 23.3. The van der Waals surface area contributed by atoms with E-state index in [0.717, 1.165) is 11.1 Å². The first-order valence-electron chi connectivity index (χ1n) is 11.3. The second-order valence-corrected chi connectivity index (χ2v) is 11.0. The number of β-lactam (4-membered cyclic amide) rings is 1. The summed E-state index contributed by atoms with van der Waals surface area (Å²) in [5.74, 6) is -2.32. The topological polar surface area (TPSA) is 188 Å². The Kier molecular flexibility index (Phi) is 8.93. The molecule has 0 bridgehead atoms. The van der Waals surface area contributed by atoms with Crippen LogP contribution in [0, 0.1) is 6.92 Å². The molecule has 0 aromatic carbocycles. The van der Waals surface area contributed by atoms with Crippen LogP contribution in [0.4, 0.5) is 5.13 Å². The van der Waals surface area contributed by atoms with Gasteiger partial charge in [-0.25, -0.2) is 9.78 Å². The molecule has 2 aliphatic rings. The number of nitrogen functional groups attached to an aromatic ring is 1. The maximum atomic E-state index is 13.1. The van der Waals surface area contributed by atoms with Crippen molar-refractivity contribution in [3.63, 3.8) is 0 Å². The predicted octanol–water partition coefficient (Wildman–Crippen LogP) is 1.21. The van der Waals surface area contributed by atoms with Gasteiger partial charge in [-0.15, -0.1) is 28.2 Å². The number of oxime groups is 1. The van der Waals surface area contributed by atoms with Crippen LogP contribution in [0.1, 0.15) is 30.1 Å². The van der Waals surface area contributed by atoms with Crippen LogP contribution in [0.5, 0.6) is 0 Å². The molecule has 0 radical (unpaired) electrons. The Bertz CT molecular complexity index is 1370. The summed E-state index contributed by atoms with van der Waals surface area (Å²) in [6, 6.07) is -0.906. The molecule has 1 fully saturated rings. The third-order valence-corrected chi connectivity index (χ3v) is 7.92. The fraction of sp³-hybridized carbons (Fsp3) is 0.364. The number of fused-ring (bicyclic) bond motifs is 1. The summed E-state index contributed by atoms with van der Waals surface area (Å²) in [6.07, 6.45) is 3.09. The number of hydrogen-bond acceptors (Lipinski definition) is 15. The standard InChI is InChI=1S/C22H23N7O7S3/c1-10-15(27-28-39-10)5-4-13-8-37-20-17(26-16(31)6-24-34-7-14-9-38-22(23)25-14)19(32)29(20)18(13)21(33)36-12(3)35-11(2)30/h4-6,9,12,17,20H,7-8H2,1-3H3,(H2,23,25)(H,26,31)/b5-4-,24-6-. The van der Waals surface area contributed by atoms with Crippen molar-refractivity contribution in [1.29, 1.82) is 0 Å². The molecule has 4 rings (SSSR count). The lowest BCUT2D eigenvalue weighted by Gasteiger charge is -2.49. The van der Waals surface area contributed by atoms with Crippen molar-refractivity contribution >= 4 is 75.8 Å². The van der Waals surface area contributed by atoms with Crippen molar-refractivity contribution in [3.05, 3.63) is 39.0 Å². The molecule has 17 heteroatoms. The van der Waals surface area contributed by atoms with Gasteiger partial charge in [0.1, 0.15) is 29.0 Å². The van der Waals surface area contributed by atoms with E-state index in [1.165, 1.54) is 53.4 Å². The summed E-state index contributed by atoms with van der Waals surface area (Å²) in [6.45, 7) is 4.46. The number of thioether (sulfide) groups is 1. The first-order valence-corrected chi connectivity index (χ1v) is 14.0. The fourth-order valence-corrected chi connectivity index (χ4v) is 5.89. The molecule has 0 aliphatic carbocycles. The van der Waals surface area contributed by atoms with E-state index in [1.807, 2.05) is 6.92 Å². The van der Waals surface area contributed by atoms with Crippen LogP contribution in [0.25, 0.3) is 6.08 Å². The Balaban J connectivity index is 1.45. The molecular formula is C22H23N7O7S3. The van der Waals surface area contributed by atoms with Gasteiger partial charge in [0.2, 0.25) is 6.29 Å². The van der Waals surface area contributed by atoms with Gasteiger partial charge < -0.3 is 25.4 Å². The predicted molar refractivity (Wildman–Crippen MR) is 143 cm³/mol. The normalized spacial score (nSPS) is 19.6. The minimum Gasteiger partial charge on any atom is -0.426 e. The molecule has 3 unspecified atom stereocenters. The van der Waals surface area contributed by atoms with Crippen LogP contribution in [-0.4, -0.2) is 72.9 Å². The molecule has 2 aromatic rings. The molecule has 0 spiro atoms. The highest BCUT2D eigenvalue weighted by molar-refractivity contribution is 8.00. The summed E-state index contributed by atoms with van der Waals surface area (Å²) >= 11 is 3.84. The quantitative estimate of drug-likeness (QED) is 0.132. The monoisotopic (exact) mass is 593 g/mol. The number of rotatable bonds is 10. The molecule has 2 amide bonds. The minimum atomic E-state index is -1.17. The smallest absolute Gasteiger partial charge is 0.358 e. The first-order chi connectivity index (χ1) is 18.6. The number of allylic oxidation sites excluding steroid dienone is 1. The zero-order chi connectivity index (χ0) is 28.1. The van der Waals surface area contributed by atoms with Crippen molar-refractivity contribution in [3.8, 4) is 0 Å². The minimum absolute atomic E-state index is 0.00937. The third-order valence-electron chi connectivity index (χ3n) is 5.25. The Morgan fingerprint density at radius 2 is 2.13 bits per heavy atom. The molecule has 0 saturated carbocycles. The van der Waals surface area contributed by atoms with E-state index in [0.29, 0.717) is 27.8 Å². The van der Waals surface area contributed by atoms with Gasteiger partial charge in [-0.3, -0.25) is 19.3 Å². The largest absolute Gasteiger partial charge is 0.426 e. The van der Waals surface area contributed by atoms with Crippen molar-refractivity contribution < 1.29 is 33.5 Å². The number of nitrogens with zero attached hydrogens (tertiary/aromatic N) is 5. The van der Waals surface area contributed by atoms with Crippen LogP contribution in [0.3, 0.4) is 0 Å². The number of aromatic nitrogens is 3. The second-order valence-electron chi connectivity index (χ2n) is 8.09. The Morgan fingerprint density at radius 3 is 2.79 bits per heavy atom. The van der Waals surface area contributed by atoms with Crippen molar-refractivity contribution in [2.75, 3.05) is 11.5 Å². The number of carbonyl (C=O) groups is 4. The lowest BCUT2D eigenvalue weighted by atomic mass is 10.0. The van der Waals surface area contributed by atoms with Gasteiger partial charge in [-0.1, -0.05) is 15.7 Å². The zero-order valence-electron chi connectivity index (χ0n) is 20.9. The van der Waals surface area contributed by atoms with E-state index >= 15 is 0 Å². The highest BCUT2D eigenvalue weighted by atomic mass is 32.2. The number of anilines is 1. The van der Waals surface area contributed by atoms with E-state index in [2.05, 4.69) is 25.0 Å². The molecule has 14 nitrogen and oxygen atoms in total. The summed E-state index contributed by atoms with van der Waals surface area (Å²) in [4.78, 5) is 61.0. The average molecular weight is 594 g/mol. The van der Waals surface area contributed by atoms with Crippen LogP contribution < -0.4 is 11.1 Å². The molecule has 2 aliphatic heterocycles. The molecule has 3 N–H and O–H groups in total. The molecule has 206 valence electrons. The number of hydrogen-bond donors (Lipinski definition) is 2. The number of nitrogens with two attached hydrogens (primary N) is 1. The summed E-state index contributed by atoms with van der Waals surface area (Å²) in [7, 11) is 0. The molecule has 39 heavy (non-hydrogen) atoms.